The van der Waals surface area contributed by atoms with Crippen LogP contribution >= 0.6 is 11.3 Å². The van der Waals surface area contributed by atoms with Gasteiger partial charge in [0.25, 0.3) is 5.91 Å². The highest BCUT2D eigenvalue weighted by Gasteiger charge is 2.32. The summed E-state index contributed by atoms with van der Waals surface area (Å²) in [4.78, 5) is 42.0. The number of methoxy groups -OCH3 is 1. The molecule has 0 saturated carbocycles. The van der Waals surface area contributed by atoms with E-state index in [2.05, 4.69) is 10.1 Å². The van der Waals surface area contributed by atoms with Gasteiger partial charge in [0.15, 0.2) is 17.2 Å². The number of nitrogens with zero attached hydrogens (tertiary/aromatic N) is 4. The Balaban J connectivity index is 1.43. The molecule has 0 aliphatic carbocycles. The summed E-state index contributed by atoms with van der Waals surface area (Å²) in [5.41, 5.74) is 0.358. The Kier molecular flexibility index (Phi) is 6.87. The zero-order valence-electron chi connectivity index (χ0n) is 18.6. The Morgan fingerprint density at radius 2 is 2.09 bits per heavy atom. The Morgan fingerprint density at radius 1 is 1.32 bits per heavy atom. The maximum atomic E-state index is 13.0. The monoisotopic (exact) mass is 486 g/mol. The fourth-order valence-electron chi connectivity index (χ4n) is 3.83. The van der Waals surface area contributed by atoms with Gasteiger partial charge in [-0.2, -0.15) is 0 Å². The molecule has 0 spiro atoms. The van der Waals surface area contributed by atoms with Crippen LogP contribution in [0, 0.1) is 10.1 Å². The van der Waals surface area contributed by atoms with Gasteiger partial charge in [-0.05, 0) is 31.9 Å². The minimum Gasteiger partial charge on any atom is -0.490 e. The zero-order valence-corrected chi connectivity index (χ0v) is 19.4. The van der Waals surface area contributed by atoms with Crippen molar-refractivity contribution in [3.8, 4) is 17.2 Å². The van der Waals surface area contributed by atoms with Crippen LogP contribution in [-0.4, -0.2) is 58.6 Å². The number of hydrogen-bond donors (Lipinski definition) is 0. The summed E-state index contributed by atoms with van der Waals surface area (Å²) in [6.45, 7) is 2.85. The van der Waals surface area contributed by atoms with Gasteiger partial charge in [0, 0.05) is 30.5 Å². The average molecular weight is 487 g/mol. The number of thiazole rings is 1. The maximum Gasteiger partial charge on any atom is 0.360 e. The molecule has 3 heterocycles. The first-order chi connectivity index (χ1) is 16.4. The van der Waals surface area contributed by atoms with Crippen molar-refractivity contribution in [2.24, 2.45) is 0 Å². The van der Waals surface area contributed by atoms with Crippen molar-refractivity contribution in [3.05, 3.63) is 56.0 Å². The van der Waals surface area contributed by atoms with Crippen LogP contribution in [0.15, 0.2) is 34.2 Å². The van der Waals surface area contributed by atoms with Crippen molar-refractivity contribution in [2.75, 3.05) is 26.8 Å². The molecule has 1 aliphatic rings. The van der Waals surface area contributed by atoms with Crippen molar-refractivity contribution in [1.82, 2.24) is 15.0 Å². The number of aromatic nitrogens is 2. The smallest absolute Gasteiger partial charge is 0.360 e. The molecular formula is C22H22N4O7S. The lowest BCUT2D eigenvalue weighted by Gasteiger charge is -2.31. The van der Waals surface area contributed by atoms with Gasteiger partial charge in [-0.3, -0.25) is 14.9 Å². The number of likely N-dealkylation sites (tertiary alicyclic amines) is 1. The van der Waals surface area contributed by atoms with E-state index >= 15 is 0 Å². The number of para-hydroxylation sites is 1. The molecule has 0 N–H and O–H groups in total. The molecule has 12 heteroatoms. The first kappa shape index (κ1) is 23.4. The van der Waals surface area contributed by atoms with E-state index in [0.29, 0.717) is 37.4 Å². The van der Waals surface area contributed by atoms with Crippen LogP contribution in [0.25, 0.3) is 11.5 Å². The lowest BCUT2D eigenvalue weighted by molar-refractivity contribution is -0.386. The highest BCUT2D eigenvalue weighted by molar-refractivity contribution is 7.10. The molecule has 34 heavy (non-hydrogen) atoms. The molecule has 0 atom stereocenters. The van der Waals surface area contributed by atoms with E-state index in [1.54, 1.807) is 17.9 Å². The zero-order chi connectivity index (χ0) is 24.2. The van der Waals surface area contributed by atoms with Gasteiger partial charge < -0.3 is 18.9 Å². The molecule has 178 valence electrons. The van der Waals surface area contributed by atoms with Gasteiger partial charge >= 0.3 is 11.7 Å². The minimum atomic E-state index is -0.591. The highest BCUT2D eigenvalue weighted by Crippen LogP contribution is 2.35. The van der Waals surface area contributed by atoms with E-state index in [9.17, 15) is 19.7 Å². The topological polar surface area (TPSA) is 138 Å². The molecule has 3 aromatic rings. The predicted octanol–water partition coefficient (Wildman–Crippen LogP) is 3.91. The van der Waals surface area contributed by atoms with Crippen molar-refractivity contribution < 1.29 is 28.5 Å². The summed E-state index contributed by atoms with van der Waals surface area (Å²) in [5.74, 6) is -0.378. The van der Waals surface area contributed by atoms with E-state index in [0.717, 1.165) is 5.01 Å². The molecule has 0 unspecified atom stereocenters. The summed E-state index contributed by atoms with van der Waals surface area (Å²) < 4.78 is 15.2. The number of carbonyl (C=O) groups excluding carboxylic acids is 2. The number of hydrogen-bond acceptors (Lipinski definition) is 10. The lowest BCUT2D eigenvalue weighted by atomic mass is 9.96. The number of carbonyl (C=O) groups is 2. The molecular weight excluding hydrogens is 464 g/mol. The average Bonchev–Trinajstić information content (AvgIpc) is 3.53. The second-order valence-electron chi connectivity index (χ2n) is 7.55. The highest BCUT2D eigenvalue weighted by atomic mass is 32.1. The first-order valence-corrected chi connectivity index (χ1v) is 11.5. The maximum absolute atomic E-state index is 13.0. The Morgan fingerprint density at radius 3 is 2.76 bits per heavy atom. The van der Waals surface area contributed by atoms with Crippen molar-refractivity contribution in [3.63, 3.8) is 0 Å². The molecule has 1 aliphatic heterocycles. The fourth-order valence-corrected chi connectivity index (χ4v) is 4.81. The van der Waals surface area contributed by atoms with Crippen molar-refractivity contribution >= 4 is 28.9 Å². The fraction of sp³-hybridized carbons (Fsp3) is 0.364. The van der Waals surface area contributed by atoms with Crippen molar-refractivity contribution in [1.29, 1.82) is 0 Å². The molecule has 2 aromatic heterocycles. The molecule has 1 saturated heterocycles. The number of benzene rings is 1. The summed E-state index contributed by atoms with van der Waals surface area (Å²) >= 11 is 1.47. The quantitative estimate of drug-likeness (QED) is 0.276. The Labute approximate surface area is 198 Å². The minimum absolute atomic E-state index is 0.0158. The van der Waals surface area contributed by atoms with Gasteiger partial charge in [-0.25, -0.2) is 9.78 Å². The normalized spacial score (nSPS) is 14.1. The van der Waals surface area contributed by atoms with Crippen LogP contribution in [0.4, 0.5) is 5.69 Å². The van der Waals surface area contributed by atoms with Gasteiger partial charge in [0.1, 0.15) is 11.3 Å². The number of esters is 1. The predicted molar refractivity (Wildman–Crippen MR) is 121 cm³/mol. The van der Waals surface area contributed by atoms with E-state index in [-0.39, 0.29) is 35.2 Å². The molecule has 0 radical (unpaired) electrons. The van der Waals surface area contributed by atoms with Crippen LogP contribution in [0.5, 0.6) is 5.75 Å². The number of amides is 1. The van der Waals surface area contributed by atoms with Crippen LogP contribution in [-0.2, 0) is 4.74 Å². The number of piperidine rings is 1. The van der Waals surface area contributed by atoms with Gasteiger partial charge in [0.05, 0.1) is 23.6 Å². The Hall–Kier alpha value is -3.80. The summed E-state index contributed by atoms with van der Waals surface area (Å²) in [7, 11) is 1.33. The largest absolute Gasteiger partial charge is 0.490 e. The van der Waals surface area contributed by atoms with Crippen LogP contribution in [0.3, 0.4) is 0 Å². The lowest BCUT2D eigenvalue weighted by Crippen LogP contribution is -2.38. The SMILES string of the molecule is CCOC(=O)c1cc(-c2csc(C3CCN(C(=O)c4cccc(OC)c4[N+](=O)[O-])CC3)n2)on1. The van der Waals surface area contributed by atoms with Crippen LogP contribution in [0.2, 0.25) is 0 Å². The van der Waals surface area contributed by atoms with Crippen molar-refractivity contribution in [2.45, 2.75) is 25.7 Å². The Bertz CT molecular complexity index is 1210. The third kappa shape index (κ3) is 4.62. The number of nitro benzene ring substituents is 1. The molecule has 1 fully saturated rings. The molecule has 1 aromatic carbocycles. The van der Waals surface area contributed by atoms with Gasteiger partial charge in [0.2, 0.25) is 0 Å². The number of nitro groups is 1. The molecule has 0 bridgehead atoms. The van der Waals surface area contributed by atoms with E-state index in [1.165, 1.54) is 36.6 Å². The van der Waals surface area contributed by atoms with Gasteiger partial charge in [-0.1, -0.05) is 11.2 Å². The second kappa shape index (κ2) is 10.00. The van der Waals surface area contributed by atoms with Crippen LogP contribution in [0.1, 0.15) is 51.5 Å². The van der Waals surface area contributed by atoms with E-state index < -0.39 is 16.8 Å². The third-order valence-corrected chi connectivity index (χ3v) is 6.54. The standard InChI is InChI=1S/C22H22N4O7S/c1-3-32-22(28)15-11-18(33-24-15)16-12-34-20(23-16)13-7-9-25(10-8-13)21(27)14-5-4-6-17(31-2)19(14)26(29)30/h4-6,11-13H,3,7-10H2,1-2H3. The summed E-state index contributed by atoms with van der Waals surface area (Å²) in [5, 5.41) is 18.0. The van der Waals surface area contributed by atoms with Crippen LogP contribution < -0.4 is 4.74 Å². The molecule has 1 amide bonds. The molecule has 4 rings (SSSR count). The summed E-state index contributed by atoms with van der Waals surface area (Å²) in [6, 6.07) is 5.98. The summed E-state index contributed by atoms with van der Waals surface area (Å²) in [6.07, 6.45) is 1.34. The van der Waals surface area contributed by atoms with E-state index in [1.807, 2.05) is 5.38 Å². The second-order valence-corrected chi connectivity index (χ2v) is 8.44. The molecule has 11 nitrogen and oxygen atoms in total. The third-order valence-electron chi connectivity index (χ3n) is 5.53. The van der Waals surface area contributed by atoms with Gasteiger partial charge in [-0.15, -0.1) is 11.3 Å². The van der Waals surface area contributed by atoms with E-state index in [4.69, 9.17) is 14.0 Å². The number of rotatable bonds is 7. The first-order valence-electron chi connectivity index (χ1n) is 10.6. The number of ether oxygens (including phenoxy) is 2.